The second-order valence-corrected chi connectivity index (χ2v) is 12.4. The van der Waals surface area contributed by atoms with Crippen molar-refractivity contribution in [1.29, 1.82) is 0 Å². The Morgan fingerprint density at radius 2 is 1.22 bits per heavy atom. The first kappa shape index (κ1) is 31.5. The predicted molar refractivity (Wildman–Crippen MR) is 182 cm³/mol. The molecule has 0 radical (unpaired) electrons. The minimum absolute atomic E-state index is 0. The molecule has 0 saturated carbocycles. The molecule has 2 nitrogen and oxygen atoms in total. The van der Waals surface area contributed by atoms with Crippen LogP contribution in [0.3, 0.4) is 0 Å². The zero-order valence-electron chi connectivity index (χ0n) is 26.5. The first-order valence-electron chi connectivity index (χ1n) is 15.5. The number of imidazole rings is 1. The Labute approximate surface area is 287 Å². The Hall–Kier alpha value is -4.52. The number of fused-ring (bicyclic) bond motifs is 3. The van der Waals surface area contributed by atoms with Gasteiger partial charge in [-0.05, 0) is 46.7 Å². The quantitative estimate of drug-likeness (QED) is 0.125. The summed E-state index contributed by atoms with van der Waals surface area (Å²) in [6.07, 6.45) is 3.44. The van der Waals surface area contributed by atoms with Gasteiger partial charge in [0.1, 0.15) is 0 Å². The van der Waals surface area contributed by atoms with Gasteiger partial charge in [-0.2, -0.15) is 84.9 Å². The van der Waals surface area contributed by atoms with E-state index in [1.807, 2.05) is 42.5 Å². The van der Waals surface area contributed by atoms with Crippen LogP contribution in [-0.4, -0.2) is 4.57 Å². The standard InChI is InChI=1S/C23H20.C20H15N2.Pt/c1-22(2)18-13-7-9-15-20(18)23(3,17-11-5-4-6-12-17)21-16-10-8-14-19(21)22;1-16-11-13-18(14-12-16)22-15-21(17-7-3-2-4-8-17)19-9-5-6-10-20(19)22;/h4-11,13-15H,1-3H3;2-7,9-14H,1H3;/q-2;-1;+4. The third kappa shape index (κ3) is 5.35. The van der Waals surface area contributed by atoms with Crippen molar-refractivity contribution in [2.75, 3.05) is 0 Å². The zero-order valence-corrected chi connectivity index (χ0v) is 28.8. The maximum atomic E-state index is 3.55. The Balaban J connectivity index is 0.000000158. The molecule has 1 heterocycles. The van der Waals surface area contributed by atoms with Crippen LogP contribution in [-0.2, 0) is 31.9 Å². The zero-order chi connectivity index (χ0) is 31.0. The molecule has 3 heteroatoms. The SMILES string of the molecule is CC1(C)c2ccc[c-]c2C(C)(c2[c-]cccc2)c2ccccc21.Cc1ccc(-[n+]2[c-]n(-c3[c-]cccc3)c3ccccc32)cc1.[Pt+4]. The largest absolute Gasteiger partial charge is 4.00 e. The van der Waals surface area contributed by atoms with Gasteiger partial charge in [0.05, 0.1) is 16.7 Å². The van der Waals surface area contributed by atoms with Gasteiger partial charge in [-0.15, -0.1) is 16.7 Å². The number of hydrogen-bond acceptors (Lipinski definition) is 0. The van der Waals surface area contributed by atoms with E-state index in [0.29, 0.717) is 0 Å². The van der Waals surface area contributed by atoms with Crippen molar-refractivity contribution in [1.82, 2.24) is 4.57 Å². The summed E-state index contributed by atoms with van der Waals surface area (Å²) in [7, 11) is 0. The average molecular weight is 775 g/mol. The molecule has 0 fully saturated rings. The van der Waals surface area contributed by atoms with E-state index in [1.165, 1.54) is 33.4 Å². The Kier molecular flexibility index (Phi) is 8.69. The normalized spacial score (nSPS) is 15.9. The second-order valence-electron chi connectivity index (χ2n) is 12.4. The topological polar surface area (TPSA) is 8.81 Å². The molecule has 0 bridgehead atoms. The van der Waals surface area contributed by atoms with Gasteiger partial charge in [0.2, 0.25) is 0 Å². The Morgan fingerprint density at radius 1 is 0.587 bits per heavy atom. The number of aryl methyl sites for hydroxylation is 1. The van der Waals surface area contributed by atoms with Crippen molar-refractivity contribution in [3.05, 3.63) is 197 Å². The molecule has 6 aromatic carbocycles. The molecule has 0 aliphatic heterocycles. The van der Waals surface area contributed by atoms with E-state index in [4.69, 9.17) is 0 Å². The van der Waals surface area contributed by atoms with E-state index in [0.717, 1.165) is 22.4 Å². The van der Waals surface area contributed by atoms with Crippen molar-refractivity contribution in [3.63, 3.8) is 0 Å². The van der Waals surface area contributed by atoms with E-state index in [2.05, 4.69) is 158 Å². The molecule has 0 amide bonds. The summed E-state index contributed by atoms with van der Waals surface area (Å²) in [6, 6.07) is 58.6. The molecule has 1 atom stereocenters. The summed E-state index contributed by atoms with van der Waals surface area (Å²) in [6.45, 7) is 9.03. The minimum atomic E-state index is -0.218. The molecule has 0 spiro atoms. The van der Waals surface area contributed by atoms with Gasteiger partial charge in [0, 0.05) is 0 Å². The van der Waals surface area contributed by atoms with Crippen molar-refractivity contribution in [2.45, 2.75) is 38.5 Å². The average Bonchev–Trinajstić information content (AvgIpc) is 3.49. The fourth-order valence-corrected chi connectivity index (χ4v) is 6.75. The van der Waals surface area contributed by atoms with Crippen molar-refractivity contribution < 1.29 is 25.6 Å². The second kappa shape index (κ2) is 12.7. The molecule has 7 aromatic rings. The van der Waals surface area contributed by atoms with E-state index in [-0.39, 0.29) is 31.9 Å². The summed E-state index contributed by atoms with van der Waals surface area (Å²) in [5, 5.41) is 0. The third-order valence-electron chi connectivity index (χ3n) is 9.21. The van der Waals surface area contributed by atoms with Crippen molar-refractivity contribution in [2.24, 2.45) is 0 Å². The molecule has 1 aliphatic rings. The fraction of sp³-hybridized carbons (Fsp3) is 0.140. The maximum Gasteiger partial charge on any atom is 4.00 e. The van der Waals surface area contributed by atoms with Gasteiger partial charge in [-0.1, -0.05) is 87.0 Å². The van der Waals surface area contributed by atoms with E-state index < -0.39 is 0 Å². The van der Waals surface area contributed by atoms with Crippen LogP contribution in [0.15, 0.2) is 140 Å². The Bertz CT molecular complexity index is 2040. The monoisotopic (exact) mass is 774 g/mol. The van der Waals surface area contributed by atoms with Crippen molar-refractivity contribution in [3.8, 4) is 11.4 Å². The van der Waals surface area contributed by atoms with Crippen LogP contribution in [0.4, 0.5) is 0 Å². The van der Waals surface area contributed by atoms with Gasteiger partial charge in [-0.25, -0.2) is 0 Å². The molecular weight excluding hydrogens is 740 g/mol. The summed E-state index contributed by atoms with van der Waals surface area (Å²) in [4.78, 5) is 0. The van der Waals surface area contributed by atoms with Crippen LogP contribution in [0, 0.1) is 31.5 Å². The van der Waals surface area contributed by atoms with E-state index in [1.54, 1.807) is 0 Å². The number of benzene rings is 6. The third-order valence-corrected chi connectivity index (χ3v) is 9.21. The van der Waals surface area contributed by atoms with Crippen LogP contribution < -0.4 is 4.57 Å². The van der Waals surface area contributed by atoms with Gasteiger partial charge in [-0.3, -0.25) is 4.57 Å². The van der Waals surface area contributed by atoms with E-state index >= 15 is 0 Å². The smallest absolute Gasteiger partial charge is 0.315 e. The summed E-state index contributed by atoms with van der Waals surface area (Å²) >= 11 is 0. The summed E-state index contributed by atoms with van der Waals surface area (Å²) in [5.41, 5.74) is 12.0. The number of para-hydroxylation sites is 3. The van der Waals surface area contributed by atoms with Crippen LogP contribution in [0.5, 0.6) is 0 Å². The summed E-state index contributed by atoms with van der Waals surface area (Å²) < 4.78 is 4.14. The number of rotatable bonds is 3. The molecular formula is C43H35N2Pt+. The van der Waals surface area contributed by atoms with Gasteiger partial charge in [0.25, 0.3) is 6.33 Å². The van der Waals surface area contributed by atoms with Crippen LogP contribution in [0.2, 0.25) is 0 Å². The molecule has 226 valence electrons. The molecule has 1 aromatic heterocycles. The number of nitrogens with zero attached hydrogens (tertiary/aromatic N) is 2. The van der Waals surface area contributed by atoms with Crippen LogP contribution in [0.25, 0.3) is 22.4 Å². The molecule has 1 aliphatic carbocycles. The van der Waals surface area contributed by atoms with Crippen LogP contribution >= 0.6 is 0 Å². The van der Waals surface area contributed by atoms with E-state index in [9.17, 15) is 0 Å². The van der Waals surface area contributed by atoms with Gasteiger partial charge >= 0.3 is 21.1 Å². The first-order chi connectivity index (χ1) is 21.9. The molecule has 8 rings (SSSR count). The number of hydrogen-bond donors (Lipinski definition) is 0. The molecule has 0 N–H and O–H groups in total. The fourth-order valence-electron chi connectivity index (χ4n) is 6.75. The minimum Gasteiger partial charge on any atom is -0.315 e. The molecule has 46 heavy (non-hydrogen) atoms. The molecule has 1 unspecified atom stereocenters. The molecule has 0 saturated heterocycles. The van der Waals surface area contributed by atoms with Gasteiger partial charge < -0.3 is 4.57 Å². The predicted octanol–water partition coefficient (Wildman–Crippen LogP) is 9.09. The van der Waals surface area contributed by atoms with Crippen molar-refractivity contribution >= 4 is 11.0 Å². The number of aromatic nitrogens is 2. The van der Waals surface area contributed by atoms with Gasteiger partial charge in [0.15, 0.2) is 0 Å². The first-order valence-corrected chi connectivity index (χ1v) is 15.5. The summed E-state index contributed by atoms with van der Waals surface area (Å²) in [5.74, 6) is 0. The Morgan fingerprint density at radius 3 is 1.93 bits per heavy atom. The van der Waals surface area contributed by atoms with Crippen LogP contribution in [0.1, 0.15) is 54.2 Å². The maximum absolute atomic E-state index is 3.55.